The molecule has 4 nitrogen and oxygen atoms in total. The van der Waals surface area contributed by atoms with Gasteiger partial charge in [-0.3, -0.25) is 4.79 Å². The first-order chi connectivity index (χ1) is 7.85. The number of benzene rings is 1. The van der Waals surface area contributed by atoms with Crippen molar-refractivity contribution in [3.63, 3.8) is 0 Å². The SMILES string of the molecule is CCS(=O)(=O)NCC(=O)c1ccc(C)c(C)c1. The molecular formula is C12H17NO3S. The third-order valence-electron chi connectivity index (χ3n) is 2.66. The molecule has 1 rings (SSSR count). The van der Waals surface area contributed by atoms with Crippen molar-refractivity contribution in [2.75, 3.05) is 12.3 Å². The molecule has 1 N–H and O–H groups in total. The van der Waals surface area contributed by atoms with Crippen molar-refractivity contribution in [2.24, 2.45) is 0 Å². The highest BCUT2D eigenvalue weighted by molar-refractivity contribution is 7.89. The van der Waals surface area contributed by atoms with Crippen molar-refractivity contribution in [3.05, 3.63) is 34.9 Å². The zero-order chi connectivity index (χ0) is 13.1. The Hall–Kier alpha value is -1.20. The van der Waals surface area contributed by atoms with Gasteiger partial charge in [0.25, 0.3) is 0 Å². The number of aryl methyl sites for hydroxylation is 2. The number of sulfonamides is 1. The molecule has 0 radical (unpaired) electrons. The normalized spacial score (nSPS) is 11.5. The first-order valence-corrected chi connectivity index (χ1v) is 7.08. The lowest BCUT2D eigenvalue weighted by molar-refractivity contribution is 0.0997. The Morgan fingerprint density at radius 3 is 2.41 bits per heavy atom. The molecule has 5 heteroatoms. The third kappa shape index (κ3) is 3.94. The van der Waals surface area contributed by atoms with Gasteiger partial charge in [-0.25, -0.2) is 13.1 Å². The largest absolute Gasteiger partial charge is 0.293 e. The van der Waals surface area contributed by atoms with Crippen LogP contribution in [-0.2, 0) is 10.0 Å². The highest BCUT2D eigenvalue weighted by Crippen LogP contribution is 2.10. The van der Waals surface area contributed by atoms with Crippen LogP contribution in [0.5, 0.6) is 0 Å². The molecule has 0 saturated carbocycles. The summed E-state index contributed by atoms with van der Waals surface area (Å²) in [4.78, 5) is 11.7. The van der Waals surface area contributed by atoms with E-state index in [-0.39, 0.29) is 18.1 Å². The van der Waals surface area contributed by atoms with Gasteiger partial charge in [0.05, 0.1) is 12.3 Å². The Labute approximate surface area is 102 Å². The molecule has 0 unspecified atom stereocenters. The number of carbonyl (C=O) groups excluding carboxylic acids is 1. The number of hydrogen-bond acceptors (Lipinski definition) is 3. The maximum atomic E-state index is 11.7. The van der Waals surface area contributed by atoms with Gasteiger partial charge >= 0.3 is 0 Å². The summed E-state index contributed by atoms with van der Waals surface area (Å²) in [7, 11) is -3.31. The number of carbonyl (C=O) groups is 1. The van der Waals surface area contributed by atoms with E-state index < -0.39 is 10.0 Å². The zero-order valence-electron chi connectivity index (χ0n) is 10.3. The minimum atomic E-state index is -3.31. The van der Waals surface area contributed by atoms with Crippen molar-refractivity contribution in [1.82, 2.24) is 4.72 Å². The fraction of sp³-hybridized carbons (Fsp3) is 0.417. The fourth-order valence-electron chi connectivity index (χ4n) is 1.29. The molecule has 0 amide bonds. The molecule has 0 aliphatic rings. The lowest BCUT2D eigenvalue weighted by Crippen LogP contribution is -2.30. The van der Waals surface area contributed by atoms with Crippen molar-refractivity contribution >= 4 is 15.8 Å². The van der Waals surface area contributed by atoms with Gasteiger partial charge < -0.3 is 0 Å². The summed E-state index contributed by atoms with van der Waals surface area (Å²) < 4.78 is 24.6. The van der Waals surface area contributed by atoms with Crippen LogP contribution in [0.2, 0.25) is 0 Å². The first-order valence-electron chi connectivity index (χ1n) is 5.43. The topological polar surface area (TPSA) is 63.2 Å². The quantitative estimate of drug-likeness (QED) is 0.809. The summed E-state index contributed by atoms with van der Waals surface area (Å²) in [6.45, 7) is 5.23. The first kappa shape index (κ1) is 13.9. The summed E-state index contributed by atoms with van der Waals surface area (Å²) in [6.07, 6.45) is 0. The van der Waals surface area contributed by atoms with Crippen LogP contribution >= 0.6 is 0 Å². The number of Topliss-reactive ketones (excluding diaryl/α,β-unsaturated/α-hetero) is 1. The molecule has 0 aliphatic carbocycles. The molecule has 0 fully saturated rings. The van der Waals surface area contributed by atoms with Crippen LogP contribution in [-0.4, -0.2) is 26.5 Å². The predicted octanol–water partition coefficient (Wildman–Crippen LogP) is 1.43. The molecule has 0 atom stereocenters. The van der Waals surface area contributed by atoms with Gasteiger partial charge in [-0.1, -0.05) is 12.1 Å². The highest BCUT2D eigenvalue weighted by atomic mass is 32.2. The van der Waals surface area contributed by atoms with Crippen molar-refractivity contribution in [3.8, 4) is 0 Å². The van der Waals surface area contributed by atoms with Gasteiger partial charge in [0, 0.05) is 5.56 Å². The van der Waals surface area contributed by atoms with E-state index in [4.69, 9.17) is 0 Å². The molecule has 0 heterocycles. The molecule has 0 aromatic heterocycles. The van der Waals surface area contributed by atoms with Crippen LogP contribution in [0, 0.1) is 13.8 Å². The van der Waals surface area contributed by atoms with E-state index in [9.17, 15) is 13.2 Å². The average molecular weight is 255 g/mol. The van der Waals surface area contributed by atoms with Crippen LogP contribution in [0.15, 0.2) is 18.2 Å². The Kier molecular flexibility index (Phi) is 4.42. The molecule has 94 valence electrons. The van der Waals surface area contributed by atoms with Gasteiger partial charge in [-0.15, -0.1) is 0 Å². The maximum absolute atomic E-state index is 11.7. The van der Waals surface area contributed by atoms with E-state index >= 15 is 0 Å². The van der Waals surface area contributed by atoms with Crippen molar-refractivity contribution < 1.29 is 13.2 Å². The monoisotopic (exact) mass is 255 g/mol. The smallest absolute Gasteiger partial charge is 0.211 e. The lowest BCUT2D eigenvalue weighted by atomic mass is 10.0. The highest BCUT2D eigenvalue weighted by Gasteiger charge is 2.11. The number of rotatable bonds is 5. The average Bonchev–Trinajstić information content (AvgIpc) is 2.30. The van der Waals surface area contributed by atoms with Crippen molar-refractivity contribution in [1.29, 1.82) is 0 Å². The summed E-state index contributed by atoms with van der Waals surface area (Å²) >= 11 is 0. The van der Waals surface area contributed by atoms with E-state index in [0.29, 0.717) is 5.56 Å². The van der Waals surface area contributed by atoms with E-state index in [1.807, 2.05) is 19.9 Å². The second-order valence-electron chi connectivity index (χ2n) is 3.95. The van der Waals surface area contributed by atoms with Gasteiger partial charge in [0.15, 0.2) is 5.78 Å². The van der Waals surface area contributed by atoms with Crippen LogP contribution < -0.4 is 4.72 Å². The molecule has 17 heavy (non-hydrogen) atoms. The maximum Gasteiger partial charge on any atom is 0.211 e. The number of ketones is 1. The summed E-state index contributed by atoms with van der Waals surface area (Å²) in [5, 5.41) is 0. The van der Waals surface area contributed by atoms with Crippen LogP contribution in [0.4, 0.5) is 0 Å². The molecule has 0 spiro atoms. The van der Waals surface area contributed by atoms with Gasteiger partial charge in [0.1, 0.15) is 0 Å². The van der Waals surface area contributed by atoms with Gasteiger partial charge in [-0.2, -0.15) is 0 Å². The Morgan fingerprint density at radius 1 is 1.24 bits per heavy atom. The minimum Gasteiger partial charge on any atom is -0.293 e. The van der Waals surface area contributed by atoms with E-state index in [1.165, 1.54) is 6.92 Å². The van der Waals surface area contributed by atoms with E-state index in [2.05, 4.69) is 4.72 Å². The summed E-state index contributed by atoms with van der Waals surface area (Å²) in [5.41, 5.74) is 2.66. The second kappa shape index (κ2) is 5.42. The summed E-state index contributed by atoms with van der Waals surface area (Å²) in [6, 6.07) is 5.35. The molecule has 0 saturated heterocycles. The molecule has 1 aromatic rings. The molecule has 0 aliphatic heterocycles. The standard InChI is InChI=1S/C12H17NO3S/c1-4-17(15,16)13-8-12(14)11-6-5-9(2)10(3)7-11/h5-7,13H,4,8H2,1-3H3. The van der Waals surface area contributed by atoms with Crippen LogP contribution in [0.25, 0.3) is 0 Å². The Bertz CT molecular complexity index is 521. The van der Waals surface area contributed by atoms with Gasteiger partial charge in [-0.05, 0) is 38.0 Å². The predicted molar refractivity (Wildman–Crippen MR) is 67.7 cm³/mol. The van der Waals surface area contributed by atoms with Gasteiger partial charge in [0.2, 0.25) is 10.0 Å². The second-order valence-corrected chi connectivity index (χ2v) is 6.04. The Balaban J connectivity index is 2.74. The molecule has 1 aromatic carbocycles. The van der Waals surface area contributed by atoms with Crippen molar-refractivity contribution in [2.45, 2.75) is 20.8 Å². The fourth-order valence-corrected chi connectivity index (χ4v) is 1.85. The number of nitrogens with one attached hydrogen (secondary N) is 1. The Morgan fingerprint density at radius 2 is 1.88 bits per heavy atom. The molecule has 0 bridgehead atoms. The minimum absolute atomic E-state index is 0.0206. The van der Waals surface area contributed by atoms with Crippen LogP contribution in [0.1, 0.15) is 28.4 Å². The number of hydrogen-bond donors (Lipinski definition) is 1. The molecular weight excluding hydrogens is 238 g/mol. The van der Waals surface area contributed by atoms with E-state index in [0.717, 1.165) is 11.1 Å². The van der Waals surface area contributed by atoms with Crippen LogP contribution in [0.3, 0.4) is 0 Å². The third-order valence-corrected chi connectivity index (χ3v) is 4.01. The lowest BCUT2D eigenvalue weighted by Gasteiger charge is -2.06. The summed E-state index contributed by atoms with van der Waals surface area (Å²) in [5.74, 6) is -0.238. The zero-order valence-corrected chi connectivity index (χ0v) is 11.1. The van der Waals surface area contributed by atoms with E-state index in [1.54, 1.807) is 12.1 Å².